The molecule has 0 aliphatic carbocycles. The SMILES string of the molecule is CC[C@@H](NC(=O)c1ccc(NS(C)(=O)=O)c(C)c1)c1ccc(OC)c(C)c1. The van der Waals surface area contributed by atoms with Gasteiger partial charge in [0.15, 0.2) is 0 Å². The van der Waals surface area contributed by atoms with E-state index < -0.39 is 10.0 Å². The molecule has 2 N–H and O–H groups in total. The number of hydrogen-bond acceptors (Lipinski definition) is 4. The number of nitrogens with one attached hydrogen (secondary N) is 2. The van der Waals surface area contributed by atoms with Gasteiger partial charge in [0.2, 0.25) is 10.0 Å². The van der Waals surface area contributed by atoms with Gasteiger partial charge in [-0.05, 0) is 61.2 Å². The molecule has 1 amide bonds. The molecule has 0 unspecified atom stereocenters. The van der Waals surface area contributed by atoms with Gasteiger partial charge in [0.05, 0.1) is 25.1 Å². The summed E-state index contributed by atoms with van der Waals surface area (Å²) in [5.41, 5.74) is 3.65. The van der Waals surface area contributed by atoms with Crippen LogP contribution in [0.1, 0.15) is 46.4 Å². The molecule has 146 valence electrons. The van der Waals surface area contributed by atoms with Crippen molar-refractivity contribution < 1.29 is 17.9 Å². The molecule has 2 aromatic carbocycles. The number of rotatable bonds is 7. The van der Waals surface area contributed by atoms with Crippen molar-refractivity contribution in [1.29, 1.82) is 0 Å². The molecule has 0 aliphatic heterocycles. The molecule has 0 fully saturated rings. The maximum atomic E-state index is 12.7. The highest BCUT2D eigenvalue weighted by molar-refractivity contribution is 7.92. The van der Waals surface area contributed by atoms with Crippen molar-refractivity contribution in [2.75, 3.05) is 18.1 Å². The van der Waals surface area contributed by atoms with Crippen molar-refractivity contribution in [2.45, 2.75) is 33.2 Å². The summed E-state index contributed by atoms with van der Waals surface area (Å²) < 4.78 is 30.5. The molecule has 6 nitrogen and oxygen atoms in total. The Morgan fingerprint density at radius 2 is 1.81 bits per heavy atom. The number of amides is 1. The molecule has 0 saturated heterocycles. The third-order valence-electron chi connectivity index (χ3n) is 4.32. The lowest BCUT2D eigenvalue weighted by atomic mass is 10.0. The summed E-state index contributed by atoms with van der Waals surface area (Å²) >= 11 is 0. The fraction of sp³-hybridized carbons (Fsp3) is 0.350. The van der Waals surface area contributed by atoms with E-state index in [1.54, 1.807) is 32.2 Å². The Labute approximate surface area is 161 Å². The zero-order valence-electron chi connectivity index (χ0n) is 16.3. The number of methoxy groups -OCH3 is 1. The minimum atomic E-state index is -3.36. The van der Waals surface area contributed by atoms with Crippen LogP contribution >= 0.6 is 0 Å². The van der Waals surface area contributed by atoms with Crippen LogP contribution in [0.15, 0.2) is 36.4 Å². The third kappa shape index (κ3) is 5.47. The van der Waals surface area contributed by atoms with Gasteiger partial charge in [-0.25, -0.2) is 8.42 Å². The Morgan fingerprint density at radius 1 is 1.11 bits per heavy atom. The van der Waals surface area contributed by atoms with Crippen LogP contribution in [-0.4, -0.2) is 27.7 Å². The van der Waals surface area contributed by atoms with Crippen molar-refractivity contribution in [1.82, 2.24) is 5.32 Å². The fourth-order valence-corrected chi connectivity index (χ4v) is 3.53. The quantitative estimate of drug-likeness (QED) is 0.757. The molecule has 2 aromatic rings. The number of hydrogen-bond donors (Lipinski definition) is 2. The summed E-state index contributed by atoms with van der Waals surface area (Å²) in [5, 5.41) is 3.04. The first-order chi connectivity index (χ1) is 12.6. The van der Waals surface area contributed by atoms with E-state index in [0.717, 1.165) is 29.6 Å². The van der Waals surface area contributed by atoms with E-state index in [9.17, 15) is 13.2 Å². The molecule has 7 heteroatoms. The third-order valence-corrected chi connectivity index (χ3v) is 4.91. The Hall–Kier alpha value is -2.54. The predicted octanol–water partition coefficient (Wildman–Crippen LogP) is 3.56. The predicted molar refractivity (Wildman–Crippen MR) is 108 cm³/mol. The van der Waals surface area contributed by atoms with Crippen LogP contribution in [0.5, 0.6) is 5.75 Å². The standard InChI is InChI=1S/C20H26N2O4S/c1-6-17(15-8-10-19(26-4)14(3)12-15)21-20(23)16-7-9-18(13(2)11-16)22-27(5,24)25/h7-12,17,22H,6H2,1-5H3,(H,21,23)/t17-/m1/s1. The van der Waals surface area contributed by atoms with Crippen LogP contribution in [0, 0.1) is 13.8 Å². The fourth-order valence-electron chi connectivity index (χ4n) is 2.90. The minimum Gasteiger partial charge on any atom is -0.496 e. The van der Waals surface area contributed by atoms with Gasteiger partial charge >= 0.3 is 0 Å². The Morgan fingerprint density at radius 3 is 2.33 bits per heavy atom. The van der Waals surface area contributed by atoms with Crippen molar-refractivity contribution in [3.05, 3.63) is 58.7 Å². The first-order valence-corrected chi connectivity index (χ1v) is 10.6. The summed E-state index contributed by atoms with van der Waals surface area (Å²) in [6.07, 6.45) is 1.83. The van der Waals surface area contributed by atoms with Gasteiger partial charge in [-0.1, -0.05) is 19.1 Å². The van der Waals surface area contributed by atoms with Crippen LogP contribution in [0.25, 0.3) is 0 Å². The maximum Gasteiger partial charge on any atom is 0.251 e. The van der Waals surface area contributed by atoms with Gasteiger partial charge in [0.25, 0.3) is 5.91 Å². The number of aryl methyl sites for hydroxylation is 2. The smallest absolute Gasteiger partial charge is 0.251 e. The Balaban J connectivity index is 2.19. The van der Waals surface area contributed by atoms with E-state index >= 15 is 0 Å². The van der Waals surface area contributed by atoms with E-state index in [2.05, 4.69) is 10.0 Å². The van der Waals surface area contributed by atoms with Gasteiger partial charge in [-0.2, -0.15) is 0 Å². The average molecular weight is 391 g/mol. The molecular weight excluding hydrogens is 364 g/mol. The second kappa shape index (κ2) is 8.43. The highest BCUT2D eigenvalue weighted by Gasteiger charge is 2.16. The largest absolute Gasteiger partial charge is 0.496 e. The molecule has 0 radical (unpaired) electrons. The normalized spacial score (nSPS) is 12.3. The molecule has 0 spiro atoms. The van der Waals surface area contributed by atoms with Gasteiger partial charge in [0, 0.05) is 5.56 Å². The lowest BCUT2D eigenvalue weighted by Crippen LogP contribution is -2.28. The van der Waals surface area contributed by atoms with Gasteiger partial charge in [-0.15, -0.1) is 0 Å². The Kier molecular flexibility index (Phi) is 6.49. The van der Waals surface area contributed by atoms with Gasteiger partial charge in [0.1, 0.15) is 5.75 Å². The molecule has 0 bridgehead atoms. The van der Waals surface area contributed by atoms with Crippen LogP contribution in [0.2, 0.25) is 0 Å². The lowest BCUT2D eigenvalue weighted by molar-refractivity contribution is 0.0935. The first-order valence-electron chi connectivity index (χ1n) is 8.68. The van der Waals surface area contributed by atoms with Crippen molar-refractivity contribution in [3.8, 4) is 5.75 Å². The number of anilines is 1. The summed E-state index contributed by atoms with van der Waals surface area (Å²) in [6, 6.07) is 10.6. The number of carbonyl (C=O) groups is 1. The molecular formula is C20H26N2O4S. The van der Waals surface area contributed by atoms with E-state index in [0.29, 0.717) is 16.8 Å². The number of benzene rings is 2. The van der Waals surface area contributed by atoms with E-state index in [-0.39, 0.29) is 11.9 Å². The van der Waals surface area contributed by atoms with E-state index in [1.807, 2.05) is 32.0 Å². The zero-order chi connectivity index (χ0) is 20.2. The molecule has 27 heavy (non-hydrogen) atoms. The van der Waals surface area contributed by atoms with Crippen molar-refractivity contribution in [2.24, 2.45) is 0 Å². The number of carbonyl (C=O) groups excluding carboxylic acids is 1. The zero-order valence-corrected chi connectivity index (χ0v) is 17.1. The second-order valence-electron chi connectivity index (χ2n) is 6.57. The first kappa shape index (κ1) is 20.8. The maximum absolute atomic E-state index is 12.7. The van der Waals surface area contributed by atoms with Crippen LogP contribution in [0.3, 0.4) is 0 Å². The monoisotopic (exact) mass is 390 g/mol. The van der Waals surface area contributed by atoms with Crippen molar-refractivity contribution >= 4 is 21.6 Å². The highest BCUT2D eigenvalue weighted by Crippen LogP contribution is 2.25. The number of sulfonamides is 1. The topological polar surface area (TPSA) is 84.5 Å². The Bertz CT molecular complexity index is 939. The molecule has 0 aromatic heterocycles. The van der Waals surface area contributed by atoms with E-state index in [1.165, 1.54) is 0 Å². The molecule has 2 rings (SSSR count). The van der Waals surface area contributed by atoms with Crippen LogP contribution in [-0.2, 0) is 10.0 Å². The van der Waals surface area contributed by atoms with E-state index in [4.69, 9.17) is 4.74 Å². The van der Waals surface area contributed by atoms with Gasteiger partial charge in [-0.3, -0.25) is 9.52 Å². The molecule has 0 aliphatic rings. The summed E-state index contributed by atoms with van der Waals surface area (Å²) in [4.78, 5) is 12.7. The summed E-state index contributed by atoms with van der Waals surface area (Å²) in [5.74, 6) is 0.605. The molecule has 0 heterocycles. The number of ether oxygens (including phenoxy) is 1. The molecule has 1 atom stereocenters. The second-order valence-corrected chi connectivity index (χ2v) is 8.32. The summed E-state index contributed by atoms with van der Waals surface area (Å²) in [6.45, 7) is 5.73. The molecule has 0 saturated carbocycles. The van der Waals surface area contributed by atoms with Crippen LogP contribution < -0.4 is 14.8 Å². The average Bonchev–Trinajstić information content (AvgIpc) is 2.60. The van der Waals surface area contributed by atoms with Crippen LogP contribution in [0.4, 0.5) is 5.69 Å². The lowest BCUT2D eigenvalue weighted by Gasteiger charge is -2.19. The highest BCUT2D eigenvalue weighted by atomic mass is 32.2. The minimum absolute atomic E-state index is 0.128. The van der Waals surface area contributed by atoms with Crippen molar-refractivity contribution in [3.63, 3.8) is 0 Å². The van der Waals surface area contributed by atoms with Gasteiger partial charge < -0.3 is 10.1 Å². The summed E-state index contributed by atoms with van der Waals surface area (Å²) in [7, 11) is -1.73.